The molecule has 3 heterocycles. The van der Waals surface area contributed by atoms with E-state index in [1.807, 2.05) is 0 Å². The average molecular weight is 417 g/mol. The molecule has 162 valence electrons. The van der Waals surface area contributed by atoms with Crippen LogP contribution in [0.25, 0.3) is 0 Å². The first-order valence-electron chi connectivity index (χ1n) is 10.7. The van der Waals surface area contributed by atoms with Gasteiger partial charge in [-0.3, -0.25) is 9.47 Å². The van der Waals surface area contributed by atoms with Crippen molar-refractivity contribution in [1.82, 2.24) is 24.1 Å². The van der Waals surface area contributed by atoms with Crippen molar-refractivity contribution in [3.63, 3.8) is 0 Å². The van der Waals surface area contributed by atoms with Gasteiger partial charge in [0.1, 0.15) is 11.6 Å². The molecule has 1 fully saturated rings. The molecule has 0 atom stereocenters. The summed E-state index contributed by atoms with van der Waals surface area (Å²) < 4.78 is 17.1. The number of urea groups is 1. The second kappa shape index (κ2) is 8.99. The van der Waals surface area contributed by atoms with E-state index in [1.54, 1.807) is 33.2 Å². The number of hydrogen-bond donors (Lipinski definition) is 1. The van der Waals surface area contributed by atoms with Gasteiger partial charge in [0.05, 0.1) is 6.54 Å². The van der Waals surface area contributed by atoms with Crippen LogP contribution in [0.1, 0.15) is 30.7 Å². The minimum Gasteiger partial charge on any atom is -0.323 e. The van der Waals surface area contributed by atoms with Crippen molar-refractivity contribution in [2.75, 3.05) is 38.0 Å². The largest absolute Gasteiger partial charge is 0.345 e. The third-order valence-corrected chi connectivity index (χ3v) is 5.96. The Bertz CT molecular complexity index is 969. The van der Waals surface area contributed by atoms with Gasteiger partial charge in [-0.05, 0) is 50.4 Å². The summed E-state index contributed by atoms with van der Waals surface area (Å²) in [5.74, 6) is 0.573. The Morgan fingerprint density at radius 1 is 1.10 bits per heavy atom. The van der Waals surface area contributed by atoms with Crippen LogP contribution in [0.4, 0.5) is 14.9 Å². The van der Waals surface area contributed by atoms with Gasteiger partial charge in [0, 0.05) is 44.8 Å². The maximum Gasteiger partial charge on any atom is 0.345 e. The van der Waals surface area contributed by atoms with E-state index in [0.29, 0.717) is 30.9 Å². The number of benzene rings is 1. The van der Waals surface area contributed by atoms with Crippen molar-refractivity contribution in [2.24, 2.45) is 0 Å². The number of nitrogens with one attached hydrogen (secondary N) is 1. The fourth-order valence-corrected chi connectivity index (χ4v) is 4.10. The van der Waals surface area contributed by atoms with E-state index in [2.05, 4.69) is 15.3 Å². The second-order valence-corrected chi connectivity index (χ2v) is 8.11. The van der Waals surface area contributed by atoms with E-state index >= 15 is 0 Å². The molecule has 9 heteroatoms. The molecule has 0 radical (unpaired) electrons. The number of carbonyl (C=O) groups excluding carboxylic acids is 1. The molecule has 4 rings (SSSR count). The molecular formula is C21H29FN6O2. The van der Waals surface area contributed by atoms with E-state index in [4.69, 9.17) is 0 Å². The zero-order valence-corrected chi connectivity index (χ0v) is 17.4. The van der Waals surface area contributed by atoms with Gasteiger partial charge >= 0.3 is 11.7 Å². The van der Waals surface area contributed by atoms with E-state index in [0.717, 1.165) is 57.7 Å². The summed E-state index contributed by atoms with van der Waals surface area (Å²) in [5.41, 5.74) is 1.01. The Labute approximate surface area is 175 Å². The van der Waals surface area contributed by atoms with Crippen LogP contribution < -0.4 is 11.0 Å². The summed E-state index contributed by atoms with van der Waals surface area (Å²) >= 11 is 0. The zero-order valence-electron chi connectivity index (χ0n) is 17.4. The Morgan fingerprint density at radius 3 is 2.77 bits per heavy atom. The minimum absolute atomic E-state index is 0.00847. The molecule has 0 spiro atoms. The zero-order chi connectivity index (χ0) is 21.1. The van der Waals surface area contributed by atoms with Gasteiger partial charge in [0.25, 0.3) is 0 Å². The van der Waals surface area contributed by atoms with E-state index < -0.39 is 0 Å². The lowest BCUT2D eigenvalue weighted by Crippen LogP contribution is -2.39. The second-order valence-electron chi connectivity index (χ2n) is 8.11. The van der Waals surface area contributed by atoms with Gasteiger partial charge in [0.2, 0.25) is 0 Å². The van der Waals surface area contributed by atoms with Gasteiger partial charge in [-0.2, -0.15) is 5.10 Å². The first kappa shape index (κ1) is 20.6. The van der Waals surface area contributed by atoms with Crippen LogP contribution in [0.15, 0.2) is 23.0 Å². The van der Waals surface area contributed by atoms with Crippen molar-refractivity contribution in [3.05, 3.63) is 45.9 Å². The molecule has 2 aliphatic rings. The van der Waals surface area contributed by atoms with Crippen molar-refractivity contribution in [2.45, 2.75) is 45.7 Å². The number of fused-ring (bicyclic) bond motifs is 1. The normalized spacial score (nSPS) is 17.5. The van der Waals surface area contributed by atoms with Gasteiger partial charge in [-0.1, -0.05) is 6.07 Å². The van der Waals surface area contributed by atoms with Gasteiger partial charge < -0.3 is 10.2 Å². The Morgan fingerprint density at radius 2 is 1.97 bits per heavy atom. The molecule has 30 heavy (non-hydrogen) atoms. The van der Waals surface area contributed by atoms with Crippen LogP contribution in [-0.2, 0) is 19.5 Å². The highest BCUT2D eigenvalue weighted by atomic mass is 19.1. The smallest absolute Gasteiger partial charge is 0.323 e. The molecular weight excluding hydrogens is 387 g/mol. The predicted octanol–water partition coefficient (Wildman–Crippen LogP) is 2.07. The quantitative estimate of drug-likeness (QED) is 0.828. The molecule has 2 amide bonds. The number of anilines is 1. The van der Waals surface area contributed by atoms with E-state index in [9.17, 15) is 14.0 Å². The molecule has 1 aromatic carbocycles. The molecule has 1 saturated heterocycles. The number of rotatable bonds is 4. The topological polar surface area (TPSA) is 75.4 Å². The van der Waals surface area contributed by atoms with Crippen LogP contribution in [-0.4, -0.2) is 62.9 Å². The number of amides is 2. The first-order chi connectivity index (χ1) is 14.5. The summed E-state index contributed by atoms with van der Waals surface area (Å²) in [6.07, 6.45) is 3.86. The van der Waals surface area contributed by atoms with Gasteiger partial charge in [0.15, 0.2) is 0 Å². The number of halogens is 1. The number of nitrogens with zero attached hydrogens (tertiary/aromatic N) is 5. The third kappa shape index (κ3) is 4.56. The molecule has 2 aromatic rings. The maximum absolute atomic E-state index is 13.7. The van der Waals surface area contributed by atoms with E-state index in [1.165, 1.54) is 6.07 Å². The van der Waals surface area contributed by atoms with Crippen LogP contribution in [0.3, 0.4) is 0 Å². The standard InChI is InChI=1S/C21H29FN6O2/c1-16-6-7-17(15-18(16)22)23-20(29)26-9-4-8-25(11-13-26)12-14-28-21(30)27-10-3-2-5-19(27)24-28/h6-7,15H,2-5,8-14H2,1H3,(H,23,29). The number of aromatic nitrogens is 3. The average Bonchev–Trinajstić information content (AvgIpc) is 2.90. The van der Waals surface area contributed by atoms with Crippen molar-refractivity contribution < 1.29 is 9.18 Å². The van der Waals surface area contributed by atoms with Gasteiger partial charge in [-0.25, -0.2) is 18.7 Å². The highest BCUT2D eigenvalue weighted by Gasteiger charge is 2.21. The number of hydrogen-bond acceptors (Lipinski definition) is 4. The SMILES string of the molecule is Cc1ccc(NC(=O)N2CCCN(CCn3nc4n(c3=O)CCCC4)CC2)cc1F. The van der Waals surface area contributed by atoms with Crippen molar-refractivity contribution >= 4 is 11.7 Å². The summed E-state index contributed by atoms with van der Waals surface area (Å²) in [6, 6.07) is 4.51. The summed E-state index contributed by atoms with van der Waals surface area (Å²) in [4.78, 5) is 29.1. The highest BCUT2D eigenvalue weighted by molar-refractivity contribution is 5.89. The predicted molar refractivity (Wildman–Crippen MR) is 112 cm³/mol. The Hall–Kier alpha value is -2.68. The monoisotopic (exact) mass is 416 g/mol. The Kier molecular flexibility index (Phi) is 6.17. The minimum atomic E-state index is -0.328. The van der Waals surface area contributed by atoms with Crippen LogP contribution in [0, 0.1) is 12.7 Å². The fourth-order valence-electron chi connectivity index (χ4n) is 4.10. The number of aryl methyl sites for hydroxylation is 2. The summed E-state index contributed by atoms with van der Waals surface area (Å²) in [6.45, 7) is 6.60. The van der Waals surface area contributed by atoms with Crippen LogP contribution >= 0.6 is 0 Å². The van der Waals surface area contributed by atoms with Gasteiger partial charge in [-0.15, -0.1) is 0 Å². The van der Waals surface area contributed by atoms with E-state index in [-0.39, 0.29) is 17.5 Å². The summed E-state index contributed by atoms with van der Waals surface area (Å²) in [7, 11) is 0. The molecule has 1 aromatic heterocycles. The maximum atomic E-state index is 13.7. The molecule has 2 aliphatic heterocycles. The molecule has 0 saturated carbocycles. The highest BCUT2D eigenvalue weighted by Crippen LogP contribution is 2.15. The Balaban J connectivity index is 1.29. The summed E-state index contributed by atoms with van der Waals surface area (Å²) in [5, 5.41) is 7.28. The molecule has 8 nitrogen and oxygen atoms in total. The molecule has 1 N–H and O–H groups in total. The molecule has 0 bridgehead atoms. The fraction of sp³-hybridized carbons (Fsp3) is 0.571. The van der Waals surface area contributed by atoms with Crippen molar-refractivity contribution in [3.8, 4) is 0 Å². The lowest BCUT2D eigenvalue weighted by atomic mass is 10.2. The van der Waals surface area contributed by atoms with Crippen molar-refractivity contribution in [1.29, 1.82) is 0 Å². The lowest BCUT2D eigenvalue weighted by molar-refractivity contribution is 0.210. The lowest BCUT2D eigenvalue weighted by Gasteiger charge is -2.22. The molecule has 0 aliphatic carbocycles. The van der Waals surface area contributed by atoms with Crippen LogP contribution in [0.5, 0.6) is 0 Å². The molecule has 0 unspecified atom stereocenters. The first-order valence-corrected chi connectivity index (χ1v) is 10.7. The third-order valence-electron chi connectivity index (χ3n) is 5.96. The van der Waals surface area contributed by atoms with Crippen LogP contribution in [0.2, 0.25) is 0 Å². The number of carbonyl (C=O) groups is 1.